The van der Waals surface area contributed by atoms with Gasteiger partial charge in [-0.05, 0) is 18.2 Å². The van der Waals surface area contributed by atoms with Gasteiger partial charge in [0, 0.05) is 24.8 Å². The maximum absolute atomic E-state index is 10.6. The number of aromatic nitrogens is 2. The minimum Gasteiger partial charge on any atom is -0.492 e. The number of rotatable bonds is 4. The van der Waals surface area contributed by atoms with Gasteiger partial charge < -0.3 is 21.3 Å². The monoisotopic (exact) mass is 380 g/mol. The SMILES string of the molecule is Cn1ncc(Cl)c1-c1cc(N)ccc1OCCN.O=C(O)C(F)(F)F. The van der Waals surface area contributed by atoms with E-state index in [9.17, 15) is 13.2 Å². The molecule has 0 saturated carbocycles. The molecule has 0 bridgehead atoms. The first kappa shape index (κ1) is 20.6. The minimum atomic E-state index is -5.08. The van der Waals surface area contributed by atoms with Crippen LogP contribution in [-0.2, 0) is 11.8 Å². The first-order valence-corrected chi connectivity index (χ1v) is 7.16. The van der Waals surface area contributed by atoms with E-state index < -0.39 is 12.1 Å². The number of ether oxygens (including phenoxy) is 1. The molecule has 138 valence electrons. The van der Waals surface area contributed by atoms with Gasteiger partial charge in [0.2, 0.25) is 0 Å². The van der Waals surface area contributed by atoms with Gasteiger partial charge in [-0.2, -0.15) is 18.3 Å². The Balaban J connectivity index is 0.000000381. The Morgan fingerprint density at radius 1 is 1.44 bits per heavy atom. The molecule has 0 fully saturated rings. The van der Waals surface area contributed by atoms with Gasteiger partial charge in [-0.15, -0.1) is 0 Å². The van der Waals surface area contributed by atoms with Crippen molar-refractivity contribution in [1.29, 1.82) is 0 Å². The van der Waals surface area contributed by atoms with Crippen LogP contribution in [0.25, 0.3) is 11.3 Å². The van der Waals surface area contributed by atoms with Gasteiger partial charge in [-0.3, -0.25) is 4.68 Å². The number of nitrogens with zero attached hydrogens (tertiary/aromatic N) is 2. The fourth-order valence-corrected chi connectivity index (χ4v) is 2.01. The van der Waals surface area contributed by atoms with Crippen LogP contribution in [0.3, 0.4) is 0 Å². The number of carboxylic acid groups (broad SMARTS) is 1. The van der Waals surface area contributed by atoms with Crippen molar-refractivity contribution in [1.82, 2.24) is 9.78 Å². The second-order valence-corrected chi connectivity index (χ2v) is 5.07. The number of halogens is 4. The van der Waals surface area contributed by atoms with Crippen LogP contribution in [0.5, 0.6) is 5.75 Å². The van der Waals surface area contributed by atoms with E-state index in [2.05, 4.69) is 5.10 Å². The molecular weight excluding hydrogens is 365 g/mol. The number of carboxylic acids is 1. The summed E-state index contributed by atoms with van der Waals surface area (Å²) in [6, 6.07) is 5.40. The van der Waals surface area contributed by atoms with Crippen molar-refractivity contribution < 1.29 is 27.8 Å². The molecule has 0 spiro atoms. The molecule has 1 aromatic heterocycles. The number of hydrogen-bond acceptors (Lipinski definition) is 5. The quantitative estimate of drug-likeness (QED) is 0.701. The van der Waals surface area contributed by atoms with Crippen molar-refractivity contribution >= 4 is 23.3 Å². The predicted molar refractivity (Wildman–Crippen MR) is 86.3 cm³/mol. The molecule has 5 N–H and O–H groups in total. The summed E-state index contributed by atoms with van der Waals surface area (Å²) in [6.45, 7) is 0.884. The third-order valence-corrected chi connectivity index (χ3v) is 3.05. The molecule has 0 radical (unpaired) electrons. The fourth-order valence-electron chi connectivity index (χ4n) is 1.74. The lowest BCUT2D eigenvalue weighted by molar-refractivity contribution is -0.192. The summed E-state index contributed by atoms with van der Waals surface area (Å²) < 4.78 is 39.0. The Hall–Kier alpha value is -2.46. The molecule has 0 aliphatic rings. The van der Waals surface area contributed by atoms with E-state index in [1.54, 1.807) is 16.9 Å². The van der Waals surface area contributed by atoms with Crippen LogP contribution in [0.2, 0.25) is 5.02 Å². The average molecular weight is 381 g/mol. The van der Waals surface area contributed by atoms with Crippen LogP contribution >= 0.6 is 11.6 Å². The predicted octanol–water partition coefficient (Wildman–Crippen LogP) is 2.29. The molecule has 7 nitrogen and oxygen atoms in total. The molecule has 0 aliphatic heterocycles. The van der Waals surface area contributed by atoms with Crippen molar-refractivity contribution in [3.63, 3.8) is 0 Å². The zero-order valence-corrected chi connectivity index (χ0v) is 13.8. The summed E-state index contributed by atoms with van der Waals surface area (Å²) in [5.74, 6) is -2.06. The van der Waals surface area contributed by atoms with Crippen LogP contribution < -0.4 is 16.2 Å². The van der Waals surface area contributed by atoms with Crippen LogP contribution in [0.1, 0.15) is 0 Å². The minimum absolute atomic E-state index is 0.437. The first-order chi connectivity index (χ1) is 11.6. The zero-order valence-electron chi connectivity index (χ0n) is 13.0. The summed E-state index contributed by atoms with van der Waals surface area (Å²) in [6.07, 6.45) is -3.49. The molecule has 25 heavy (non-hydrogen) atoms. The average Bonchev–Trinajstić information content (AvgIpc) is 2.84. The Labute approximate surface area is 145 Å². The van der Waals surface area contributed by atoms with Gasteiger partial charge in [-0.25, -0.2) is 4.79 Å². The van der Waals surface area contributed by atoms with E-state index in [4.69, 9.17) is 37.7 Å². The Kier molecular flexibility index (Phi) is 7.07. The summed E-state index contributed by atoms with van der Waals surface area (Å²) in [7, 11) is 1.82. The van der Waals surface area contributed by atoms with Gasteiger partial charge >= 0.3 is 12.1 Å². The zero-order chi connectivity index (χ0) is 19.2. The van der Waals surface area contributed by atoms with E-state index in [0.29, 0.717) is 29.6 Å². The Morgan fingerprint density at radius 3 is 2.48 bits per heavy atom. The van der Waals surface area contributed by atoms with Crippen molar-refractivity contribution in [2.45, 2.75) is 6.18 Å². The largest absolute Gasteiger partial charge is 0.492 e. The summed E-state index contributed by atoms with van der Waals surface area (Å²) in [4.78, 5) is 8.90. The fraction of sp³-hybridized carbons (Fsp3) is 0.286. The van der Waals surface area contributed by atoms with Gasteiger partial charge in [-0.1, -0.05) is 11.6 Å². The van der Waals surface area contributed by atoms with Crippen LogP contribution in [-0.4, -0.2) is 40.2 Å². The normalized spacial score (nSPS) is 10.8. The molecule has 0 amide bonds. The number of alkyl halides is 3. The molecule has 0 saturated heterocycles. The Bertz CT molecular complexity index is 715. The Morgan fingerprint density at radius 2 is 2.04 bits per heavy atom. The maximum atomic E-state index is 10.6. The maximum Gasteiger partial charge on any atom is 0.490 e. The second kappa shape index (κ2) is 8.58. The van der Waals surface area contributed by atoms with Crippen LogP contribution in [0.15, 0.2) is 24.4 Å². The summed E-state index contributed by atoms with van der Waals surface area (Å²) in [5.41, 5.74) is 13.5. The third kappa shape index (κ3) is 5.84. The number of anilines is 1. The van der Waals surface area contributed by atoms with Crippen LogP contribution in [0.4, 0.5) is 18.9 Å². The van der Waals surface area contributed by atoms with E-state index in [1.807, 2.05) is 19.2 Å². The highest BCUT2D eigenvalue weighted by atomic mass is 35.5. The van der Waals surface area contributed by atoms with Crippen LogP contribution in [0, 0.1) is 0 Å². The standard InChI is InChI=1S/C12H15ClN4O.C2HF3O2/c1-17-12(10(13)7-16-17)9-6-8(15)2-3-11(9)18-5-4-14;3-2(4,5)1(6)7/h2-3,6-7H,4-5,14-15H2,1H3;(H,6,7). The lowest BCUT2D eigenvalue weighted by atomic mass is 10.1. The van der Waals surface area contributed by atoms with E-state index in [1.165, 1.54) is 0 Å². The van der Waals surface area contributed by atoms with Gasteiger partial charge in [0.15, 0.2) is 0 Å². The van der Waals surface area contributed by atoms with E-state index >= 15 is 0 Å². The molecule has 2 aromatic rings. The van der Waals surface area contributed by atoms with Crippen molar-refractivity contribution in [3.05, 3.63) is 29.4 Å². The molecule has 0 aliphatic carbocycles. The lowest BCUT2D eigenvalue weighted by Crippen LogP contribution is -2.21. The number of hydrogen-bond donors (Lipinski definition) is 3. The number of benzene rings is 1. The molecular formula is C14H16ClF3N4O3. The highest BCUT2D eigenvalue weighted by Gasteiger charge is 2.38. The van der Waals surface area contributed by atoms with Gasteiger partial charge in [0.1, 0.15) is 12.4 Å². The molecule has 0 atom stereocenters. The van der Waals surface area contributed by atoms with E-state index in [-0.39, 0.29) is 0 Å². The lowest BCUT2D eigenvalue weighted by Gasteiger charge is -2.12. The molecule has 2 rings (SSSR count). The van der Waals surface area contributed by atoms with Gasteiger partial charge in [0.05, 0.1) is 16.9 Å². The van der Waals surface area contributed by atoms with Gasteiger partial charge in [0.25, 0.3) is 0 Å². The van der Waals surface area contributed by atoms with Crippen molar-refractivity contribution in [2.75, 3.05) is 18.9 Å². The smallest absolute Gasteiger partial charge is 0.490 e. The molecule has 1 aromatic carbocycles. The summed E-state index contributed by atoms with van der Waals surface area (Å²) >= 11 is 6.13. The number of carbonyl (C=O) groups is 1. The summed E-state index contributed by atoms with van der Waals surface area (Å²) in [5, 5.41) is 11.8. The van der Waals surface area contributed by atoms with E-state index in [0.717, 1.165) is 11.3 Å². The number of aliphatic carboxylic acids is 1. The number of nitrogens with two attached hydrogens (primary N) is 2. The number of aryl methyl sites for hydroxylation is 1. The molecule has 1 heterocycles. The molecule has 11 heteroatoms. The highest BCUT2D eigenvalue weighted by molar-refractivity contribution is 6.33. The number of nitrogen functional groups attached to an aromatic ring is 1. The third-order valence-electron chi connectivity index (χ3n) is 2.77. The highest BCUT2D eigenvalue weighted by Crippen LogP contribution is 2.35. The van der Waals surface area contributed by atoms with Crippen molar-refractivity contribution in [3.8, 4) is 17.0 Å². The second-order valence-electron chi connectivity index (χ2n) is 4.66. The first-order valence-electron chi connectivity index (χ1n) is 6.78. The topological polar surface area (TPSA) is 116 Å². The molecule has 0 unspecified atom stereocenters. The van der Waals surface area contributed by atoms with Crippen molar-refractivity contribution in [2.24, 2.45) is 12.8 Å².